The summed E-state index contributed by atoms with van der Waals surface area (Å²) in [5.74, 6) is -0.640. The van der Waals surface area contributed by atoms with Gasteiger partial charge in [-0.2, -0.15) is 10.4 Å². The van der Waals surface area contributed by atoms with E-state index in [0.29, 0.717) is 38.2 Å². The Morgan fingerprint density at radius 1 is 1.21 bits per heavy atom. The number of hydrogen-bond acceptors (Lipinski definition) is 5. The number of carbonyl (C=O) groups is 1. The van der Waals surface area contributed by atoms with E-state index in [1.165, 1.54) is 18.3 Å². The van der Waals surface area contributed by atoms with E-state index in [2.05, 4.69) is 26.5 Å². The minimum Gasteiger partial charge on any atom is -0.490 e. The number of benzene rings is 3. The van der Waals surface area contributed by atoms with Crippen LogP contribution in [0.5, 0.6) is 11.5 Å². The van der Waals surface area contributed by atoms with Crippen LogP contribution in [-0.2, 0) is 6.61 Å². The smallest absolute Gasteiger partial charge is 0.274 e. The van der Waals surface area contributed by atoms with Gasteiger partial charge in [-0.05, 0) is 70.9 Å². The zero-order valence-corrected chi connectivity index (χ0v) is 20.8. The first-order chi connectivity index (χ1) is 16.3. The molecule has 0 aliphatic heterocycles. The van der Waals surface area contributed by atoms with Crippen LogP contribution in [0.4, 0.5) is 4.39 Å². The van der Waals surface area contributed by atoms with Crippen molar-refractivity contribution in [3.63, 3.8) is 0 Å². The molecule has 0 heterocycles. The Balaban J connectivity index is 1.74. The van der Waals surface area contributed by atoms with Crippen molar-refractivity contribution >= 4 is 51.3 Å². The maximum atomic E-state index is 14.0. The molecule has 1 N–H and O–H groups in total. The highest BCUT2D eigenvalue weighted by Gasteiger charge is 2.14. The number of hydrogen-bond donors (Lipinski definition) is 1. The molecule has 3 rings (SSSR count). The average molecular weight is 565 g/mol. The van der Waals surface area contributed by atoms with E-state index in [-0.39, 0.29) is 17.7 Å². The van der Waals surface area contributed by atoms with Crippen molar-refractivity contribution in [1.82, 2.24) is 5.43 Å². The summed E-state index contributed by atoms with van der Waals surface area (Å²) < 4.78 is 26.2. The van der Waals surface area contributed by atoms with Crippen LogP contribution in [0, 0.1) is 17.1 Å². The Hall–Kier alpha value is -3.12. The minimum absolute atomic E-state index is 0.117. The summed E-state index contributed by atoms with van der Waals surface area (Å²) in [7, 11) is 0. The molecule has 3 aromatic rings. The quantitative estimate of drug-likeness (QED) is 0.250. The van der Waals surface area contributed by atoms with Gasteiger partial charge >= 0.3 is 0 Å². The normalized spacial score (nSPS) is 10.7. The number of halogens is 4. The van der Waals surface area contributed by atoms with Crippen LogP contribution < -0.4 is 14.9 Å². The molecule has 0 fully saturated rings. The first kappa shape index (κ1) is 25.5. The molecule has 0 saturated carbocycles. The zero-order valence-electron chi connectivity index (χ0n) is 17.7. The number of hydrazone groups is 1. The predicted octanol–water partition coefficient (Wildman–Crippen LogP) is 6.51. The third-order valence-corrected chi connectivity index (χ3v) is 5.62. The average Bonchev–Trinajstić information content (AvgIpc) is 2.79. The Bertz CT molecular complexity index is 1300. The molecule has 34 heavy (non-hydrogen) atoms. The van der Waals surface area contributed by atoms with Gasteiger partial charge < -0.3 is 9.47 Å². The van der Waals surface area contributed by atoms with Crippen LogP contribution in [-0.4, -0.2) is 18.7 Å². The summed E-state index contributed by atoms with van der Waals surface area (Å²) in [5.41, 5.74) is 3.50. The SMILES string of the molecule is CCOc1cc(/C=N\NC(=O)c2ccc(C#N)cc2F)cc(Br)c1OCc1ccc(Cl)cc1Cl. The molecule has 0 aromatic heterocycles. The summed E-state index contributed by atoms with van der Waals surface area (Å²) in [6.07, 6.45) is 1.38. The summed E-state index contributed by atoms with van der Waals surface area (Å²) in [5, 5.41) is 13.7. The second kappa shape index (κ2) is 11.8. The van der Waals surface area contributed by atoms with Crippen LogP contribution in [0.1, 0.15) is 34.0 Å². The molecule has 6 nitrogen and oxygen atoms in total. The van der Waals surface area contributed by atoms with Gasteiger partial charge in [-0.15, -0.1) is 0 Å². The van der Waals surface area contributed by atoms with E-state index >= 15 is 0 Å². The number of nitrogens with one attached hydrogen (secondary N) is 1. The van der Waals surface area contributed by atoms with Crippen molar-refractivity contribution in [2.24, 2.45) is 5.10 Å². The summed E-state index contributed by atoms with van der Waals surface area (Å²) in [4.78, 5) is 12.2. The van der Waals surface area contributed by atoms with Gasteiger partial charge in [0, 0.05) is 15.6 Å². The summed E-state index contributed by atoms with van der Waals surface area (Å²) >= 11 is 15.6. The third kappa shape index (κ3) is 6.48. The number of rotatable bonds is 8. The van der Waals surface area contributed by atoms with Crippen molar-refractivity contribution in [2.45, 2.75) is 13.5 Å². The van der Waals surface area contributed by atoms with Crippen molar-refractivity contribution in [3.8, 4) is 17.6 Å². The van der Waals surface area contributed by atoms with Gasteiger partial charge in [-0.25, -0.2) is 9.82 Å². The lowest BCUT2D eigenvalue weighted by Gasteiger charge is -2.15. The lowest BCUT2D eigenvalue weighted by Crippen LogP contribution is -2.19. The van der Waals surface area contributed by atoms with E-state index in [4.69, 9.17) is 37.9 Å². The topological polar surface area (TPSA) is 83.7 Å². The van der Waals surface area contributed by atoms with Gasteiger partial charge in [0.15, 0.2) is 11.5 Å². The third-order valence-electron chi connectivity index (χ3n) is 4.44. The second-order valence-corrected chi connectivity index (χ2v) is 8.49. The molecule has 174 valence electrons. The van der Waals surface area contributed by atoms with E-state index in [1.54, 1.807) is 30.3 Å². The Morgan fingerprint density at radius 3 is 2.68 bits per heavy atom. The fourth-order valence-corrected chi connectivity index (χ4v) is 3.89. The standard InChI is InChI=1S/C24H17BrCl2FN3O3/c1-2-33-22-9-15(12-30-31-24(32)18-6-3-14(11-29)8-21(18)28)7-19(25)23(22)34-13-16-4-5-17(26)10-20(16)27/h3-10,12H,2,13H2,1H3,(H,31,32)/b30-12-. The highest BCUT2D eigenvalue weighted by molar-refractivity contribution is 9.10. The van der Waals surface area contributed by atoms with Gasteiger partial charge in [0.2, 0.25) is 0 Å². The molecular weight excluding hydrogens is 548 g/mol. The molecule has 0 aliphatic rings. The first-order valence-corrected chi connectivity index (χ1v) is 11.4. The van der Waals surface area contributed by atoms with Gasteiger partial charge in [0.25, 0.3) is 5.91 Å². The van der Waals surface area contributed by atoms with E-state index in [9.17, 15) is 9.18 Å². The molecular formula is C24H17BrCl2FN3O3. The summed E-state index contributed by atoms with van der Waals surface area (Å²) in [6, 6.07) is 13.9. The van der Waals surface area contributed by atoms with E-state index < -0.39 is 11.7 Å². The molecule has 0 unspecified atom stereocenters. The minimum atomic E-state index is -0.810. The predicted molar refractivity (Wildman–Crippen MR) is 132 cm³/mol. The zero-order chi connectivity index (χ0) is 24.7. The van der Waals surface area contributed by atoms with Crippen LogP contribution in [0.3, 0.4) is 0 Å². The van der Waals surface area contributed by atoms with E-state index in [1.807, 2.05) is 13.0 Å². The number of nitrogens with zero attached hydrogens (tertiary/aromatic N) is 2. The Morgan fingerprint density at radius 2 is 2.00 bits per heavy atom. The van der Waals surface area contributed by atoms with Gasteiger partial charge in [0.1, 0.15) is 12.4 Å². The van der Waals surface area contributed by atoms with Crippen LogP contribution in [0.25, 0.3) is 0 Å². The maximum Gasteiger partial charge on any atom is 0.274 e. The van der Waals surface area contributed by atoms with Crippen molar-refractivity contribution in [1.29, 1.82) is 5.26 Å². The maximum absolute atomic E-state index is 14.0. The lowest BCUT2D eigenvalue weighted by molar-refractivity contribution is 0.0951. The number of nitriles is 1. The van der Waals surface area contributed by atoms with Crippen molar-refractivity contribution in [2.75, 3.05) is 6.61 Å². The molecule has 0 radical (unpaired) electrons. The fourth-order valence-electron chi connectivity index (χ4n) is 2.85. The number of ether oxygens (including phenoxy) is 2. The summed E-state index contributed by atoms with van der Waals surface area (Å²) in [6.45, 7) is 2.41. The largest absolute Gasteiger partial charge is 0.490 e. The van der Waals surface area contributed by atoms with Gasteiger partial charge in [-0.1, -0.05) is 29.3 Å². The molecule has 0 aliphatic carbocycles. The highest BCUT2D eigenvalue weighted by Crippen LogP contribution is 2.37. The first-order valence-electron chi connectivity index (χ1n) is 9.88. The van der Waals surface area contributed by atoms with Crippen LogP contribution in [0.15, 0.2) is 58.1 Å². The Kier molecular flexibility index (Phi) is 8.88. The van der Waals surface area contributed by atoms with Gasteiger partial charge in [-0.3, -0.25) is 4.79 Å². The second-order valence-electron chi connectivity index (χ2n) is 6.79. The van der Waals surface area contributed by atoms with Crippen LogP contribution >= 0.6 is 39.1 Å². The van der Waals surface area contributed by atoms with Crippen molar-refractivity contribution in [3.05, 3.63) is 91.1 Å². The number of carbonyl (C=O) groups excluding carboxylic acids is 1. The number of amides is 1. The highest BCUT2D eigenvalue weighted by atomic mass is 79.9. The van der Waals surface area contributed by atoms with Crippen molar-refractivity contribution < 1.29 is 18.7 Å². The van der Waals surface area contributed by atoms with Crippen LogP contribution in [0.2, 0.25) is 10.0 Å². The fraction of sp³-hybridized carbons (Fsp3) is 0.125. The van der Waals surface area contributed by atoms with Gasteiger partial charge in [0.05, 0.1) is 34.5 Å². The Labute approximate surface area is 214 Å². The molecule has 0 bridgehead atoms. The molecule has 0 spiro atoms. The monoisotopic (exact) mass is 563 g/mol. The molecule has 3 aromatic carbocycles. The molecule has 0 saturated heterocycles. The lowest BCUT2D eigenvalue weighted by atomic mass is 10.1. The molecule has 10 heteroatoms. The molecule has 1 amide bonds. The van der Waals surface area contributed by atoms with E-state index in [0.717, 1.165) is 11.6 Å². The molecule has 0 atom stereocenters.